The minimum absolute atomic E-state index is 0.0592. The summed E-state index contributed by atoms with van der Waals surface area (Å²) in [4.78, 5) is 0. The quantitative estimate of drug-likeness (QED) is 0.731. The number of hydrogen-bond donors (Lipinski definition) is 2. The van der Waals surface area contributed by atoms with E-state index in [1.54, 1.807) is 0 Å². The van der Waals surface area contributed by atoms with Crippen LogP contribution in [0, 0.1) is 0 Å². The summed E-state index contributed by atoms with van der Waals surface area (Å²) in [5, 5.41) is 3.57. The van der Waals surface area contributed by atoms with E-state index in [-0.39, 0.29) is 5.60 Å². The number of ether oxygens (including phenoxy) is 1. The number of hydrogen-bond acceptors (Lipinski definition) is 3. The van der Waals surface area contributed by atoms with E-state index in [9.17, 15) is 0 Å². The van der Waals surface area contributed by atoms with E-state index < -0.39 is 0 Å². The van der Waals surface area contributed by atoms with Crippen molar-refractivity contribution in [1.29, 1.82) is 0 Å². The van der Waals surface area contributed by atoms with Crippen molar-refractivity contribution in [3.05, 3.63) is 0 Å². The zero-order valence-electron chi connectivity index (χ0n) is 10.4. The van der Waals surface area contributed by atoms with E-state index in [4.69, 9.17) is 10.5 Å². The minimum atomic E-state index is -0.0592. The first kappa shape index (κ1) is 12.9. The summed E-state index contributed by atoms with van der Waals surface area (Å²) in [6, 6.07) is 0.986. The first-order chi connectivity index (χ1) is 7.03. The molecular weight excluding hydrogens is 188 g/mol. The highest BCUT2D eigenvalue weighted by molar-refractivity contribution is 4.82. The molecule has 15 heavy (non-hydrogen) atoms. The normalized spacial score (nSPS) is 28.0. The highest BCUT2D eigenvalue weighted by Gasteiger charge is 2.23. The zero-order valence-corrected chi connectivity index (χ0v) is 10.4. The first-order valence-corrected chi connectivity index (χ1v) is 6.16. The molecule has 0 amide bonds. The Labute approximate surface area is 93.8 Å². The van der Waals surface area contributed by atoms with Crippen LogP contribution in [0.5, 0.6) is 0 Å². The molecule has 90 valence electrons. The second-order valence-electron chi connectivity index (χ2n) is 5.20. The van der Waals surface area contributed by atoms with E-state index in [0.29, 0.717) is 12.1 Å². The van der Waals surface area contributed by atoms with Crippen molar-refractivity contribution in [1.82, 2.24) is 5.32 Å². The van der Waals surface area contributed by atoms with E-state index in [1.165, 1.54) is 19.3 Å². The lowest BCUT2D eigenvalue weighted by Gasteiger charge is -2.32. The Morgan fingerprint density at radius 2 is 2.13 bits per heavy atom. The summed E-state index contributed by atoms with van der Waals surface area (Å²) in [5.74, 6) is 0. The highest BCUT2D eigenvalue weighted by atomic mass is 16.5. The summed E-state index contributed by atoms with van der Waals surface area (Å²) in [5.41, 5.74) is 5.89. The molecule has 0 aliphatic heterocycles. The third kappa shape index (κ3) is 4.96. The van der Waals surface area contributed by atoms with E-state index >= 15 is 0 Å². The van der Waals surface area contributed by atoms with Gasteiger partial charge in [0, 0.05) is 25.2 Å². The lowest BCUT2D eigenvalue weighted by Crippen LogP contribution is -2.46. The first-order valence-electron chi connectivity index (χ1n) is 6.16. The lowest BCUT2D eigenvalue weighted by molar-refractivity contribution is -0.0114. The molecule has 3 heteroatoms. The molecule has 0 heterocycles. The summed E-state index contributed by atoms with van der Waals surface area (Å²) < 4.78 is 5.65. The maximum atomic E-state index is 5.95. The van der Waals surface area contributed by atoms with E-state index in [1.807, 2.05) is 6.92 Å². The maximum Gasteiger partial charge on any atom is 0.0750 e. The van der Waals surface area contributed by atoms with Crippen LogP contribution in [0.25, 0.3) is 0 Å². The standard InChI is InChI=1S/C12H26N2O/c1-4-15-12(2,3)9-14-11-7-5-6-10(13)8-11/h10-11,14H,4-9,13H2,1-3H3. The van der Waals surface area contributed by atoms with Crippen LogP contribution in [0.3, 0.4) is 0 Å². The zero-order chi connectivity index (χ0) is 11.3. The van der Waals surface area contributed by atoms with Crippen LogP contribution in [-0.2, 0) is 4.74 Å². The molecule has 0 bridgehead atoms. The van der Waals surface area contributed by atoms with Gasteiger partial charge in [-0.15, -0.1) is 0 Å². The van der Waals surface area contributed by atoms with Crippen LogP contribution in [-0.4, -0.2) is 30.8 Å². The molecule has 1 saturated carbocycles. The Kier molecular flexibility index (Phi) is 5.03. The third-order valence-corrected chi connectivity index (χ3v) is 3.07. The number of nitrogens with one attached hydrogen (secondary N) is 1. The lowest BCUT2D eigenvalue weighted by atomic mass is 9.91. The molecule has 0 spiro atoms. The van der Waals surface area contributed by atoms with Crippen LogP contribution >= 0.6 is 0 Å². The van der Waals surface area contributed by atoms with Crippen molar-refractivity contribution in [2.75, 3.05) is 13.2 Å². The van der Waals surface area contributed by atoms with E-state index in [2.05, 4.69) is 19.2 Å². The molecule has 0 aromatic rings. The summed E-state index contributed by atoms with van der Waals surface area (Å²) in [7, 11) is 0. The molecule has 1 fully saturated rings. The van der Waals surface area contributed by atoms with Gasteiger partial charge in [-0.1, -0.05) is 6.42 Å². The fraction of sp³-hybridized carbons (Fsp3) is 1.00. The van der Waals surface area contributed by atoms with Crippen molar-refractivity contribution in [2.24, 2.45) is 5.73 Å². The van der Waals surface area contributed by atoms with Crippen molar-refractivity contribution in [2.45, 2.75) is 64.1 Å². The van der Waals surface area contributed by atoms with Gasteiger partial charge in [-0.3, -0.25) is 0 Å². The van der Waals surface area contributed by atoms with Crippen molar-refractivity contribution >= 4 is 0 Å². The van der Waals surface area contributed by atoms with Gasteiger partial charge in [-0.2, -0.15) is 0 Å². The van der Waals surface area contributed by atoms with Gasteiger partial charge in [0.1, 0.15) is 0 Å². The molecule has 0 radical (unpaired) electrons. The van der Waals surface area contributed by atoms with Crippen LogP contribution in [0.4, 0.5) is 0 Å². The molecule has 3 N–H and O–H groups in total. The van der Waals surface area contributed by atoms with Gasteiger partial charge >= 0.3 is 0 Å². The average molecular weight is 214 g/mol. The van der Waals surface area contributed by atoms with Crippen LogP contribution in [0.2, 0.25) is 0 Å². The number of rotatable bonds is 5. The van der Waals surface area contributed by atoms with Gasteiger partial charge in [-0.25, -0.2) is 0 Å². The monoisotopic (exact) mass is 214 g/mol. The molecule has 1 rings (SSSR count). The third-order valence-electron chi connectivity index (χ3n) is 3.07. The second kappa shape index (κ2) is 5.83. The van der Waals surface area contributed by atoms with Crippen LogP contribution in [0.15, 0.2) is 0 Å². The largest absolute Gasteiger partial charge is 0.375 e. The maximum absolute atomic E-state index is 5.95. The smallest absolute Gasteiger partial charge is 0.0750 e. The summed E-state index contributed by atoms with van der Waals surface area (Å²) >= 11 is 0. The Bertz CT molecular complexity index is 182. The van der Waals surface area contributed by atoms with Gasteiger partial charge < -0.3 is 15.8 Å². The van der Waals surface area contributed by atoms with Gasteiger partial charge in [0.2, 0.25) is 0 Å². The molecule has 0 aromatic heterocycles. The Morgan fingerprint density at radius 3 is 2.73 bits per heavy atom. The fourth-order valence-corrected chi connectivity index (χ4v) is 2.24. The summed E-state index contributed by atoms with van der Waals surface area (Å²) in [6.07, 6.45) is 4.82. The van der Waals surface area contributed by atoms with Gasteiger partial charge in [0.15, 0.2) is 0 Å². The Morgan fingerprint density at radius 1 is 1.40 bits per heavy atom. The molecule has 0 aromatic carbocycles. The van der Waals surface area contributed by atoms with Crippen LogP contribution < -0.4 is 11.1 Å². The Hall–Kier alpha value is -0.120. The molecule has 0 saturated heterocycles. The second-order valence-corrected chi connectivity index (χ2v) is 5.20. The van der Waals surface area contributed by atoms with Gasteiger partial charge in [0.25, 0.3) is 0 Å². The minimum Gasteiger partial charge on any atom is -0.375 e. The van der Waals surface area contributed by atoms with Gasteiger partial charge in [-0.05, 0) is 40.0 Å². The van der Waals surface area contributed by atoms with E-state index in [0.717, 1.165) is 19.6 Å². The Balaban J connectivity index is 2.23. The summed E-state index contributed by atoms with van der Waals surface area (Å²) in [6.45, 7) is 7.99. The van der Waals surface area contributed by atoms with Crippen molar-refractivity contribution in [3.8, 4) is 0 Å². The predicted molar refractivity (Wildman–Crippen MR) is 63.9 cm³/mol. The van der Waals surface area contributed by atoms with Crippen molar-refractivity contribution < 1.29 is 4.74 Å². The SMILES string of the molecule is CCOC(C)(C)CNC1CCCC(N)C1. The topological polar surface area (TPSA) is 47.3 Å². The molecule has 1 aliphatic carbocycles. The molecular formula is C12H26N2O. The molecule has 2 atom stereocenters. The van der Waals surface area contributed by atoms with Gasteiger partial charge in [0.05, 0.1) is 5.60 Å². The fourth-order valence-electron chi connectivity index (χ4n) is 2.24. The van der Waals surface area contributed by atoms with Crippen molar-refractivity contribution in [3.63, 3.8) is 0 Å². The molecule has 2 unspecified atom stereocenters. The predicted octanol–water partition coefficient (Wildman–Crippen LogP) is 1.66. The molecule has 1 aliphatic rings. The average Bonchev–Trinajstić information content (AvgIpc) is 2.15. The highest BCUT2D eigenvalue weighted by Crippen LogP contribution is 2.18. The molecule has 3 nitrogen and oxygen atoms in total. The van der Waals surface area contributed by atoms with Crippen LogP contribution in [0.1, 0.15) is 46.5 Å². The number of nitrogens with two attached hydrogens (primary N) is 1.